The van der Waals surface area contributed by atoms with E-state index < -0.39 is 5.91 Å². The van der Waals surface area contributed by atoms with E-state index in [1.54, 1.807) is 12.3 Å². The quantitative estimate of drug-likeness (QED) is 0.824. The van der Waals surface area contributed by atoms with Gasteiger partial charge < -0.3 is 16.4 Å². The van der Waals surface area contributed by atoms with E-state index in [2.05, 4.69) is 16.8 Å². The fraction of sp³-hybridized carbons (Fsp3) is 0.538. The summed E-state index contributed by atoms with van der Waals surface area (Å²) < 4.78 is 0. The molecule has 0 saturated heterocycles. The fourth-order valence-corrected chi connectivity index (χ4v) is 2.26. The lowest BCUT2D eigenvalue weighted by molar-refractivity contribution is 0.100. The van der Waals surface area contributed by atoms with Crippen LogP contribution in [0.1, 0.15) is 36.5 Å². The van der Waals surface area contributed by atoms with Crippen molar-refractivity contribution >= 4 is 17.4 Å². The minimum Gasteiger partial charge on any atom is -0.397 e. The second kappa shape index (κ2) is 5.25. The third-order valence-corrected chi connectivity index (χ3v) is 3.54. The topological polar surface area (TPSA) is 85.2 Å². The van der Waals surface area contributed by atoms with Crippen molar-refractivity contribution in [3.05, 3.63) is 17.8 Å². The molecule has 1 fully saturated rings. The molecule has 0 aliphatic heterocycles. The molecule has 5 nitrogen and oxygen atoms in total. The lowest BCUT2D eigenvalue weighted by Crippen LogP contribution is -2.34. The van der Waals surface area contributed by atoms with Crippen molar-refractivity contribution in [1.82, 2.24) is 4.98 Å². The Kier molecular flexibility index (Phi) is 3.69. The predicted octanol–water partition coefficient (Wildman–Crippen LogP) is 1.39. The Bertz CT molecular complexity index is 443. The minimum atomic E-state index is -0.475. The van der Waals surface area contributed by atoms with Crippen molar-refractivity contribution in [3.8, 4) is 0 Å². The highest BCUT2D eigenvalue weighted by atomic mass is 16.1. The first-order chi connectivity index (χ1) is 8.61. The summed E-state index contributed by atoms with van der Waals surface area (Å²) in [6, 6.07) is 1.61. The number of nitrogen functional groups attached to an aromatic ring is 1. The number of anilines is 2. The van der Waals surface area contributed by atoms with Crippen molar-refractivity contribution in [3.63, 3.8) is 0 Å². The van der Waals surface area contributed by atoms with Gasteiger partial charge in [0.15, 0.2) is 0 Å². The van der Waals surface area contributed by atoms with Crippen LogP contribution in [0.25, 0.3) is 0 Å². The Labute approximate surface area is 107 Å². The summed E-state index contributed by atoms with van der Waals surface area (Å²) in [6.07, 6.45) is 5.40. The van der Waals surface area contributed by atoms with Crippen molar-refractivity contribution < 1.29 is 4.79 Å². The van der Waals surface area contributed by atoms with Gasteiger partial charge in [0.2, 0.25) is 0 Å². The van der Waals surface area contributed by atoms with Gasteiger partial charge in [0.25, 0.3) is 5.91 Å². The van der Waals surface area contributed by atoms with E-state index in [4.69, 9.17) is 11.5 Å². The number of nitrogens with two attached hydrogens (primary N) is 2. The molecule has 5 heteroatoms. The highest BCUT2D eigenvalue weighted by Crippen LogP contribution is 2.29. The van der Waals surface area contributed by atoms with Gasteiger partial charge in [-0.1, -0.05) is 6.42 Å². The van der Waals surface area contributed by atoms with Gasteiger partial charge in [-0.15, -0.1) is 0 Å². The van der Waals surface area contributed by atoms with E-state index in [1.165, 1.54) is 19.3 Å². The third kappa shape index (κ3) is 2.55. The van der Waals surface area contributed by atoms with Crippen LogP contribution in [-0.4, -0.2) is 24.0 Å². The highest BCUT2D eigenvalue weighted by molar-refractivity contribution is 5.98. The summed E-state index contributed by atoms with van der Waals surface area (Å²) in [5, 5.41) is 0. The van der Waals surface area contributed by atoms with E-state index in [9.17, 15) is 4.79 Å². The number of amides is 1. The molecule has 0 unspecified atom stereocenters. The van der Waals surface area contributed by atoms with Gasteiger partial charge in [-0.05, 0) is 31.7 Å². The predicted molar refractivity (Wildman–Crippen MR) is 72.4 cm³/mol. The van der Waals surface area contributed by atoms with Gasteiger partial charge in [-0.2, -0.15) is 0 Å². The van der Waals surface area contributed by atoms with Gasteiger partial charge >= 0.3 is 0 Å². The van der Waals surface area contributed by atoms with Crippen molar-refractivity contribution in [2.24, 2.45) is 11.7 Å². The molecule has 1 aromatic rings. The van der Waals surface area contributed by atoms with Crippen LogP contribution in [0.3, 0.4) is 0 Å². The summed E-state index contributed by atoms with van der Waals surface area (Å²) in [7, 11) is 0. The number of aromatic nitrogens is 1. The summed E-state index contributed by atoms with van der Waals surface area (Å²) in [4.78, 5) is 17.9. The SMILES string of the molecule is CCN(CC1CCC1)c1ncc(N)cc1C(N)=O. The Morgan fingerprint density at radius 2 is 2.28 bits per heavy atom. The lowest BCUT2D eigenvalue weighted by Gasteiger charge is -2.33. The zero-order chi connectivity index (χ0) is 13.1. The number of rotatable bonds is 5. The zero-order valence-corrected chi connectivity index (χ0v) is 10.7. The number of nitrogens with zero attached hydrogens (tertiary/aromatic N) is 2. The standard InChI is InChI=1S/C13H20N4O/c1-2-17(8-9-4-3-5-9)13-11(12(15)18)6-10(14)7-16-13/h6-7,9H,2-5,8,14H2,1H3,(H2,15,18). The summed E-state index contributed by atoms with van der Waals surface area (Å²) >= 11 is 0. The molecule has 98 valence electrons. The zero-order valence-electron chi connectivity index (χ0n) is 10.7. The highest BCUT2D eigenvalue weighted by Gasteiger charge is 2.23. The molecule has 1 saturated carbocycles. The Hall–Kier alpha value is -1.78. The maximum absolute atomic E-state index is 11.5. The molecule has 18 heavy (non-hydrogen) atoms. The first-order valence-electron chi connectivity index (χ1n) is 6.42. The molecule has 1 aliphatic carbocycles. The fourth-order valence-electron chi connectivity index (χ4n) is 2.26. The monoisotopic (exact) mass is 248 g/mol. The lowest BCUT2D eigenvalue weighted by atomic mass is 9.85. The molecule has 0 spiro atoms. The molecule has 1 aliphatic rings. The molecular weight excluding hydrogens is 228 g/mol. The molecule has 2 rings (SSSR count). The molecule has 0 aromatic carbocycles. The van der Waals surface area contributed by atoms with E-state index in [0.717, 1.165) is 13.1 Å². The van der Waals surface area contributed by atoms with Crippen LogP contribution >= 0.6 is 0 Å². The van der Waals surface area contributed by atoms with Crippen molar-refractivity contribution in [2.75, 3.05) is 23.7 Å². The third-order valence-electron chi connectivity index (χ3n) is 3.54. The molecule has 4 N–H and O–H groups in total. The maximum Gasteiger partial charge on any atom is 0.252 e. The van der Waals surface area contributed by atoms with Gasteiger partial charge in [-0.3, -0.25) is 4.79 Å². The van der Waals surface area contributed by atoms with Gasteiger partial charge in [0.1, 0.15) is 5.82 Å². The number of carbonyl (C=O) groups excluding carboxylic acids is 1. The van der Waals surface area contributed by atoms with Crippen LogP contribution in [-0.2, 0) is 0 Å². The molecular formula is C13H20N4O. The van der Waals surface area contributed by atoms with Gasteiger partial charge in [0, 0.05) is 13.1 Å². The van der Waals surface area contributed by atoms with Crippen LogP contribution < -0.4 is 16.4 Å². The molecule has 1 amide bonds. The second-order valence-electron chi connectivity index (χ2n) is 4.84. The summed E-state index contributed by atoms with van der Waals surface area (Å²) in [5.41, 5.74) is 11.9. The average Bonchev–Trinajstić information content (AvgIpc) is 2.28. The van der Waals surface area contributed by atoms with E-state index in [-0.39, 0.29) is 0 Å². The molecule has 1 heterocycles. The first kappa shape index (κ1) is 12.7. The number of pyridine rings is 1. The number of hydrogen-bond donors (Lipinski definition) is 2. The maximum atomic E-state index is 11.5. The molecule has 0 bridgehead atoms. The number of primary amides is 1. The van der Waals surface area contributed by atoms with Crippen LogP contribution in [0.4, 0.5) is 11.5 Å². The smallest absolute Gasteiger partial charge is 0.252 e. The van der Waals surface area contributed by atoms with Crippen LogP contribution in [0.2, 0.25) is 0 Å². The minimum absolute atomic E-state index is 0.413. The first-order valence-corrected chi connectivity index (χ1v) is 6.42. The van der Waals surface area contributed by atoms with Gasteiger partial charge in [-0.25, -0.2) is 4.98 Å². The van der Waals surface area contributed by atoms with Crippen molar-refractivity contribution in [2.45, 2.75) is 26.2 Å². The largest absolute Gasteiger partial charge is 0.397 e. The Balaban J connectivity index is 2.25. The Morgan fingerprint density at radius 1 is 1.56 bits per heavy atom. The number of hydrogen-bond acceptors (Lipinski definition) is 4. The Morgan fingerprint density at radius 3 is 2.78 bits per heavy atom. The number of carbonyl (C=O) groups is 1. The second-order valence-corrected chi connectivity index (χ2v) is 4.84. The van der Waals surface area contributed by atoms with E-state index in [0.29, 0.717) is 23.0 Å². The van der Waals surface area contributed by atoms with E-state index in [1.807, 2.05) is 0 Å². The normalized spacial score (nSPS) is 15.2. The van der Waals surface area contributed by atoms with Crippen LogP contribution in [0.5, 0.6) is 0 Å². The van der Waals surface area contributed by atoms with Crippen LogP contribution in [0.15, 0.2) is 12.3 Å². The van der Waals surface area contributed by atoms with E-state index >= 15 is 0 Å². The molecule has 1 aromatic heterocycles. The van der Waals surface area contributed by atoms with Gasteiger partial charge in [0.05, 0.1) is 17.4 Å². The van der Waals surface area contributed by atoms with Crippen LogP contribution in [0, 0.1) is 5.92 Å². The average molecular weight is 248 g/mol. The summed E-state index contributed by atoms with van der Waals surface area (Å²) in [5.74, 6) is 0.896. The van der Waals surface area contributed by atoms with Crippen molar-refractivity contribution in [1.29, 1.82) is 0 Å². The summed E-state index contributed by atoms with van der Waals surface area (Å²) in [6.45, 7) is 3.81. The molecule has 0 atom stereocenters. The molecule has 0 radical (unpaired) electrons.